The third-order valence-electron chi connectivity index (χ3n) is 3.17. The molecule has 1 aliphatic rings. The quantitative estimate of drug-likeness (QED) is 0.893. The number of benzene rings is 1. The van der Waals surface area contributed by atoms with E-state index < -0.39 is 0 Å². The van der Waals surface area contributed by atoms with Gasteiger partial charge in [0.25, 0.3) is 0 Å². The molecule has 0 spiro atoms. The predicted octanol–water partition coefficient (Wildman–Crippen LogP) is 2.47. The van der Waals surface area contributed by atoms with Crippen LogP contribution in [0.25, 0.3) is 0 Å². The van der Waals surface area contributed by atoms with Gasteiger partial charge >= 0.3 is 0 Å². The molecule has 1 heterocycles. The minimum Gasteiger partial charge on any atom is -0.326 e. The van der Waals surface area contributed by atoms with Crippen LogP contribution in [0.15, 0.2) is 24.3 Å². The van der Waals surface area contributed by atoms with Gasteiger partial charge in [-0.15, -0.1) is 0 Å². The van der Waals surface area contributed by atoms with Crippen molar-refractivity contribution in [2.24, 2.45) is 5.73 Å². The number of hydrogen-bond acceptors (Lipinski definition) is 3. The Balaban J connectivity index is 1.95. The summed E-state index contributed by atoms with van der Waals surface area (Å²) < 4.78 is 0.398. The number of hydrogen-bond donors (Lipinski definition) is 1. The van der Waals surface area contributed by atoms with Crippen LogP contribution >= 0.6 is 11.8 Å². The van der Waals surface area contributed by atoms with Gasteiger partial charge in [0.15, 0.2) is 0 Å². The van der Waals surface area contributed by atoms with E-state index in [1.807, 2.05) is 0 Å². The first kappa shape index (κ1) is 12.9. The average molecular weight is 250 g/mol. The molecule has 0 radical (unpaired) electrons. The summed E-state index contributed by atoms with van der Waals surface area (Å²) >= 11 is 2.08. The van der Waals surface area contributed by atoms with Crippen LogP contribution in [0.5, 0.6) is 0 Å². The van der Waals surface area contributed by atoms with Crippen LogP contribution in [0.3, 0.4) is 0 Å². The maximum absolute atomic E-state index is 5.61. The van der Waals surface area contributed by atoms with Crippen molar-refractivity contribution in [2.45, 2.75) is 31.7 Å². The fourth-order valence-electron chi connectivity index (χ4n) is 2.29. The molecule has 0 unspecified atom stereocenters. The van der Waals surface area contributed by atoms with Gasteiger partial charge in [-0.2, -0.15) is 11.8 Å². The molecule has 1 aliphatic heterocycles. The Morgan fingerprint density at radius 2 is 1.88 bits per heavy atom. The zero-order valence-corrected chi connectivity index (χ0v) is 11.6. The Labute approximate surface area is 109 Å². The van der Waals surface area contributed by atoms with Crippen LogP contribution in [-0.2, 0) is 13.1 Å². The Hall–Kier alpha value is -0.510. The molecule has 94 valence electrons. The molecule has 3 heteroatoms. The summed E-state index contributed by atoms with van der Waals surface area (Å²) in [6.07, 6.45) is 0. The van der Waals surface area contributed by atoms with E-state index in [1.54, 1.807) is 0 Å². The summed E-state index contributed by atoms with van der Waals surface area (Å²) in [4.78, 5) is 2.55. The van der Waals surface area contributed by atoms with Gasteiger partial charge in [0.2, 0.25) is 0 Å². The van der Waals surface area contributed by atoms with Crippen molar-refractivity contribution >= 4 is 11.8 Å². The van der Waals surface area contributed by atoms with E-state index in [-0.39, 0.29) is 0 Å². The molecule has 0 atom stereocenters. The van der Waals surface area contributed by atoms with E-state index in [9.17, 15) is 0 Å². The fraction of sp³-hybridized carbons (Fsp3) is 0.571. The van der Waals surface area contributed by atoms with Crippen molar-refractivity contribution in [2.75, 3.05) is 18.8 Å². The fourth-order valence-corrected chi connectivity index (χ4v) is 3.46. The van der Waals surface area contributed by atoms with Gasteiger partial charge in [-0.05, 0) is 25.0 Å². The van der Waals surface area contributed by atoms with Crippen molar-refractivity contribution in [3.8, 4) is 0 Å². The third kappa shape index (κ3) is 3.73. The molecular weight excluding hydrogens is 228 g/mol. The SMILES string of the molecule is CC1(C)CN(Cc2ccc(CN)cc2)CCS1. The summed E-state index contributed by atoms with van der Waals surface area (Å²) in [6, 6.07) is 8.69. The van der Waals surface area contributed by atoms with Crippen molar-refractivity contribution < 1.29 is 0 Å². The van der Waals surface area contributed by atoms with Crippen molar-refractivity contribution in [1.82, 2.24) is 4.90 Å². The highest BCUT2D eigenvalue weighted by atomic mass is 32.2. The molecule has 1 fully saturated rings. The molecule has 17 heavy (non-hydrogen) atoms. The van der Waals surface area contributed by atoms with Gasteiger partial charge in [-0.3, -0.25) is 4.90 Å². The number of thioether (sulfide) groups is 1. The minimum absolute atomic E-state index is 0.398. The highest BCUT2D eigenvalue weighted by Gasteiger charge is 2.26. The summed E-state index contributed by atoms with van der Waals surface area (Å²) in [6.45, 7) is 8.74. The molecule has 1 aromatic rings. The van der Waals surface area contributed by atoms with Gasteiger partial charge < -0.3 is 5.73 Å². The molecule has 0 aromatic heterocycles. The molecule has 1 aromatic carbocycles. The molecule has 2 N–H and O–H groups in total. The molecule has 0 aliphatic carbocycles. The molecule has 1 saturated heterocycles. The van der Waals surface area contributed by atoms with Crippen LogP contribution in [-0.4, -0.2) is 28.5 Å². The van der Waals surface area contributed by atoms with Gasteiger partial charge in [-0.1, -0.05) is 24.3 Å². The zero-order valence-electron chi connectivity index (χ0n) is 10.8. The van der Waals surface area contributed by atoms with Crippen molar-refractivity contribution in [3.05, 3.63) is 35.4 Å². The monoisotopic (exact) mass is 250 g/mol. The third-order valence-corrected chi connectivity index (χ3v) is 4.47. The molecule has 0 amide bonds. The van der Waals surface area contributed by atoms with E-state index in [1.165, 1.54) is 30.0 Å². The van der Waals surface area contributed by atoms with Crippen molar-refractivity contribution in [1.29, 1.82) is 0 Å². The van der Waals surface area contributed by atoms with Crippen LogP contribution < -0.4 is 5.73 Å². The highest BCUT2D eigenvalue weighted by molar-refractivity contribution is 8.00. The summed E-state index contributed by atoms with van der Waals surface area (Å²) in [5.41, 5.74) is 8.21. The second-order valence-corrected chi connectivity index (χ2v) is 7.14. The molecule has 2 nitrogen and oxygen atoms in total. The summed E-state index contributed by atoms with van der Waals surface area (Å²) in [5, 5.41) is 0. The Bertz CT molecular complexity index is 359. The van der Waals surface area contributed by atoms with Gasteiger partial charge in [0, 0.05) is 36.7 Å². The lowest BCUT2D eigenvalue weighted by atomic mass is 10.1. The van der Waals surface area contributed by atoms with E-state index in [4.69, 9.17) is 5.73 Å². The lowest BCUT2D eigenvalue weighted by Gasteiger charge is -2.37. The Kier molecular flexibility index (Phi) is 4.13. The largest absolute Gasteiger partial charge is 0.326 e. The van der Waals surface area contributed by atoms with E-state index >= 15 is 0 Å². The molecule has 0 saturated carbocycles. The van der Waals surface area contributed by atoms with E-state index in [0.29, 0.717) is 11.3 Å². The lowest BCUT2D eigenvalue weighted by Crippen LogP contribution is -2.42. The summed E-state index contributed by atoms with van der Waals surface area (Å²) in [7, 11) is 0. The lowest BCUT2D eigenvalue weighted by molar-refractivity contribution is 0.252. The second kappa shape index (κ2) is 5.42. The maximum atomic E-state index is 5.61. The van der Waals surface area contributed by atoms with Crippen LogP contribution in [0.4, 0.5) is 0 Å². The zero-order chi connectivity index (χ0) is 12.3. The first-order chi connectivity index (χ1) is 8.09. The Morgan fingerprint density at radius 3 is 2.47 bits per heavy atom. The normalized spacial score (nSPS) is 20.4. The van der Waals surface area contributed by atoms with Gasteiger partial charge in [0.1, 0.15) is 0 Å². The minimum atomic E-state index is 0.398. The predicted molar refractivity (Wildman–Crippen MR) is 76.1 cm³/mol. The van der Waals surface area contributed by atoms with E-state index in [2.05, 4.69) is 54.8 Å². The second-order valence-electron chi connectivity index (χ2n) is 5.34. The average Bonchev–Trinajstić information content (AvgIpc) is 2.29. The van der Waals surface area contributed by atoms with E-state index in [0.717, 1.165) is 6.54 Å². The van der Waals surface area contributed by atoms with Crippen LogP contribution in [0.2, 0.25) is 0 Å². The van der Waals surface area contributed by atoms with Crippen LogP contribution in [0.1, 0.15) is 25.0 Å². The molecule has 2 rings (SSSR count). The molecule has 0 bridgehead atoms. The van der Waals surface area contributed by atoms with Crippen molar-refractivity contribution in [3.63, 3.8) is 0 Å². The first-order valence-corrected chi connectivity index (χ1v) is 7.22. The topological polar surface area (TPSA) is 29.3 Å². The van der Waals surface area contributed by atoms with Gasteiger partial charge in [0.05, 0.1) is 0 Å². The number of nitrogens with zero attached hydrogens (tertiary/aromatic N) is 1. The Morgan fingerprint density at radius 1 is 1.24 bits per heavy atom. The number of rotatable bonds is 3. The maximum Gasteiger partial charge on any atom is 0.0234 e. The smallest absolute Gasteiger partial charge is 0.0234 e. The van der Waals surface area contributed by atoms with Crippen LogP contribution in [0, 0.1) is 0 Å². The molecular formula is C14H22N2S. The standard InChI is InChI=1S/C14H22N2S/c1-14(2)11-16(7-8-17-14)10-13-5-3-12(9-15)4-6-13/h3-6H,7-11,15H2,1-2H3. The summed E-state index contributed by atoms with van der Waals surface area (Å²) in [5.74, 6) is 1.24. The first-order valence-electron chi connectivity index (χ1n) is 6.23. The van der Waals surface area contributed by atoms with Gasteiger partial charge in [-0.25, -0.2) is 0 Å². The number of nitrogens with two attached hydrogens (primary N) is 1. The highest BCUT2D eigenvalue weighted by Crippen LogP contribution is 2.30.